The summed E-state index contributed by atoms with van der Waals surface area (Å²) in [7, 11) is 0. The molecular formula is C19H14BrF3N4O2S. The predicted octanol–water partition coefficient (Wildman–Crippen LogP) is 4.26. The number of fused-ring (bicyclic) bond motifs is 1. The molecule has 0 radical (unpaired) electrons. The Labute approximate surface area is 181 Å². The van der Waals surface area contributed by atoms with Crippen LogP contribution < -0.4 is 10.6 Å². The summed E-state index contributed by atoms with van der Waals surface area (Å²) in [6, 6.07) is 13.2. The van der Waals surface area contributed by atoms with Gasteiger partial charge in [-0.05, 0) is 34.1 Å². The van der Waals surface area contributed by atoms with Gasteiger partial charge in [-0.25, -0.2) is 9.97 Å². The molecule has 30 heavy (non-hydrogen) atoms. The molecule has 0 unspecified atom stereocenters. The highest BCUT2D eigenvalue weighted by atomic mass is 79.9. The highest BCUT2D eigenvalue weighted by Crippen LogP contribution is 2.31. The molecule has 1 heterocycles. The number of rotatable bonds is 6. The Morgan fingerprint density at radius 1 is 1.00 bits per heavy atom. The van der Waals surface area contributed by atoms with E-state index >= 15 is 0 Å². The second kappa shape index (κ2) is 9.43. The Kier molecular flexibility index (Phi) is 6.93. The minimum atomic E-state index is -4.70. The van der Waals surface area contributed by atoms with Crippen LogP contribution >= 0.6 is 27.7 Å². The first-order valence-electron chi connectivity index (χ1n) is 8.52. The second-order valence-electron chi connectivity index (χ2n) is 5.96. The Morgan fingerprint density at radius 3 is 2.43 bits per heavy atom. The summed E-state index contributed by atoms with van der Waals surface area (Å²) >= 11 is 4.14. The van der Waals surface area contributed by atoms with E-state index in [9.17, 15) is 22.8 Å². The van der Waals surface area contributed by atoms with Gasteiger partial charge in [-0.1, -0.05) is 42.1 Å². The van der Waals surface area contributed by atoms with E-state index in [-0.39, 0.29) is 22.8 Å². The van der Waals surface area contributed by atoms with E-state index in [1.807, 2.05) is 0 Å². The average molecular weight is 499 g/mol. The van der Waals surface area contributed by atoms with E-state index in [0.717, 1.165) is 11.8 Å². The van der Waals surface area contributed by atoms with Crippen LogP contribution in [0, 0.1) is 0 Å². The van der Waals surface area contributed by atoms with Crippen molar-refractivity contribution in [2.45, 2.75) is 11.2 Å². The summed E-state index contributed by atoms with van der Waals surface area (Å²) in [4.78, 5) is 31.1. The first kappa shape index (κ1) is 22.0. The smallest absolute Gasteiger partial charge is 0.346 e. The summed E-state index contributed by atoms with van der Waals surface area (Å²) in [5, 5.41) is 5.52. The van der Waals surface area contributed by atoms with Crippen LogP contribution in [0.15, 0.2) is 58.0 Å². The second-order valence-corrected chi connectivity index (χ2v) is 7.78. The number of thioether (sulfide) groups is 1. The highest BCUT2D eigenvalue weighted by Gasteiger charge is 2.35. The van der Waals surface area contributed by atoms with E-state index in [1.54, 1.807) is 42.5 Å². The molecule has 2 amide bonds. The van der Waals surface area contributed by atoms with Crippen molar-refractivity contribution in [3.8, 4) is 0 Å². The highest BCUT2D eigenvalue weighted by molar-refractivity contribution is 9.10. The lowest BCUT2D eigenvalue weighted by Crippen LogP contribution is -2.34. The topological polar surface area (TPSA) is 84.0 Å². The van der Waals surface area contributed by atoms with Crippen molar-refractivity contribution >= 4 is 56.1 Å². The predicted molar refractivity (Wildman–Crippen MR) is 111 cm³/mol. The monoisotopic (exact) mass is 498 g/mol. The van der Waals surface area contributed by atoms with Gasteiger partial charge in [0.1, 0.15) is 5.03 Å². The van der Waals surface area contributed by atoms with Crippen LogP contribution in [0.25, 0.3) is 10.9 Å². The van der Waals surface area contributed by atoms with Gasteiger partial charge in [-0.2, -0.15) is 13.2 Å². The van der Waals surface area contributed by atoms with Crippen LogP contribution in [0.2, 0.25) is 0 Å². The number of nitrogens with one attached hydrogen (secondary N) is 2. The normalized spacial score (nSPS) is 11.3. The first-order valence-corrected chi connectivity index (χ1v) is 10.3. The van der Waals surface area contributed by atoms with E-state index in [0.29, 0.717) is 15.5 Å². The van der Waals surface area contributed by atoms with Gasteiger partial charge in [0, 0.05) is 9.86 Å². The van der Waals surface area contributed by atoms with Gasteiger partial charge in [0.15, 0.2) is 0 Å². The van der Waals surface area contributed by atoms with Gasteiger partial charge in [-0.3, -0.25) is 9.59 Å². The Bertz CT molecular complexity index is 1090. The number of halogens is 4. The van der Waals surface area contributed by atoms with E-state index < -0.39 is 23.8 Å². The molecule has 1 aromatic heterocycles. The zero-order valence-corrected chi connectivity index (χ0v) is 17.6. The van der Waals surface area contributed by atoms with Crippen molar-refractivity contribution in [3.63, 3.8) is 0 Å². The Hall–Kier alpha value is -2.66. The molecule has 0 saturated carbocycles. The number of benzene rings is 2. The molecule has 2 aromatic carbocycles. The van der Waals surface area contributed by atoms with Crippen LogP contribution in [0.3, 0.4) is 0 Å². The maximum absolute atomic E-state index is 13.1. The van der Waals surface area contributed by atoms with Crippen molar-refractivity contribution < 1.29 is 22.8 Å². The SMILES string of the molecule is O=C(CSc1nc(C(F)(F)F)nc2ccccc12)NCC(=O)Nc1ccccc1Br. The van der Waals surface area contributed by atoms with Gasteiger partial charge in [0.2, 0.25) is 17.6 Å². The lowest BCUT2D eigenvalue weighted by atomic mass is 10.2. The number of alkyl halides is 3. The molecule has 6 nitrogen and oxygen atoms in total. The third-order valence-electron chi connectivity index (χ3n) is 3.76. The van der Waals surface area contributed by atoms with Crippen LogP contribution in [-0.4, -0.2) is 34.1 Å². The third kappa shape index (κ3) is 5.70. The summed E-state index contributed by atoms with van der Waals surface area (Å²) in [5.41, 5.74) is 0.689. The summed E-state index contributed by atoms with van der Waals surface area (Å²) < 4.78 is 39.8. The number of hydrogen-bond acceptors (Lipinski definition) is 5. The molecule has 0 spiro atoms. The van der Waals surface area contributed by atoms with Crippen LogP contribution in [0.5, 0.6) is 0 Å². The molecule has 0 aliphatic rings. The fraction of sp³-hybridized carbons (Fsp3) is 0.158. The molecule has 156 valence electrons. The zero-order valence-electron chi connectivity index (χ0n) is 15.2. The van der Waals surface area contributed by atoms with Crippen molar-refractivity contribution in [2.24, 2.45) is 0 Å². The minimum Gasteiger partial charge on any atom is -0.346 e. The molecule has 0 bridgehead atoms. The number of anilines is 1. The summed E-state index contributed by atoms with van der Waals surface area (Å²) in [5.74, 6) is -2.43. The number of amides is 2. The van der Waals surface area contributed by atoms with Crippen molar-refractivity contribution in [1.82, 2.24) is 15.3 Å². The molecule has 0 saturated heterocycles. The van der Waals surface area contributed by atoms with Crippen LogP contribution in [0.4, 0.5) is 18.9 Å². The Morgan fingerprint density at radius 2 is 1.70 bits per heavy atom. The van der Waals surface area contributed by atoms with Crippen molar-refractivity contribution in [3.05, 3.63) is 58.8 Å². The first-order chi connectivity index (χ1) is 14.2. The largest absolute Gasteiger partial charge is 0.451 e. The number of hydrogen-bond donors (Lipinski definition) is 2. The number of para-hydroxylation sites is 2. The maximum Gasteiger partial charge on any atom is 0.451 e. The van der Waals surface area contributed by atoms with Gasteiger partial charge < -0.3 is 10.6 Å². The molecule has 3 aromatic rings. The number of aromatic nitrogens is 2. The van der Waals surface area contributed by atoms with Crippen LogP contribution in [0.1, 0.15) is 5.82 Å². The van der Waals surface area contributed by atoms with Gasteiger partial charge in [0.05, 0.1) is 23.5 Å². The lowest BCUT2D eigenvalue weighted by Gasteiger charge is -2.11. The molecule has 0 aliphatic carbocycles. The fourth-order valence-corrected chi connectivity index (χ4v) is 3.64. The van der Waals surface area contributed by atoms with E-state index in [2.05, 4.69) is 36.5 Å². The van der Waals surface area contributed by atoms with E-state index in [4.69, 9.17) is 0 Å². The maximum atomic E-state index is 13.1. The third-order valence-corrected chi connectivity index (χ3v) is 5.44. The molecule has 0 aliphatic heterocycles. The average Bonchev–Trinajstić information content (AvgIpc) is 2.71. The standard InChI is InChI=1S/C19H14BrF3N4O2S/c20-12-6-2-4-8-14(12)25-15(28)9-24-16(29)10-30-17-11-5-1-3-7-13(11)26-18(27-17)19(21,22)23/h1-8H,9-10H2,(H,24,29)(H,25,28). The molecule has 11 heteroatoms. The fourth-order valence-electron chi connectivity index (χ4n) is 2.41. The van der Waals surface area contributed by atoms with Crippen molar-refractivity contribution in [2.75, 3.05) is 17.6 Å². The minimum absolute atomic E-state index is 0.0424. The lowest BCUT2D eigenvalue weighted by molar-refractivity contribution is -0.145. The molecule has 2 N–H and O–H groups in total. The molecule has 0 fully saturated rings. The number of carbonyl (C=O) groups excluding carboxylic acids is 2. The number of nitrogens with zero attached hydrogens (tertiary/aromatic N) is 2. The summed E-state index contributed by atoms with van der Waals surface area (Å²) in [6.07, 6.45) is -4.70. The molecule has 0 atom stereocenters. The van der Waals surface area contributed by atoms with Gasteiger partial charge >= 0.3 is 6.18 Å². The quantitative estimate of drug-likeness (QED) is 0.391. The summed E-state index contributed by atoms with van der Waals surface area (Å²) in [6.45, 7) is -0.279. The molecular weight excluding hydrogens is 485 g/mol. The van der Waals surface area contributed by atoms with Gasteiger partial charge in [-0.15, -0.1) is 0 Å². The van der Waals surface area contributed by atoms with Gasteiger partial charge in [0.25, 0.3) is 0 Å². The number of carbonyl (C=O) groups is 2. The molecule has 3 rings (SSSR count). The van der Waals surface area contributed by atoms with E-state index in [1.165, 1.54) is 6.07 Å². The van der Waals surface area contributed by atoms with Crippen molar-refractivity contribution in [1.29, 1.82) is 0 Å². The Balaban J connectivity index is 1.61. The van der Waals surface area contributed by atoms with Crippen LogP contribution in [-0.2, 0) is 15.8 Å². The zero-order chi connectivity index (χ0) is 21.7.